The van der Waals surface area contributed by atoms with Crippen molar-refractivity contribution in [2.75, 3.05) is 17.7 Å². The molecule has 1 N–H and O–H groups in total. The Morgan fingerprint density at radius 3 is 2.81 bits per heavy atom. The molecular weight excluding hydrogens is 382 g/mol. The molecule has 0 fully saturated rings. The van der Waals surface area contributed by atoms with E-state index >= 15 is 0 Å². The van der Waals surface area contributed by atoms with Crippen molar-refractivity contribution in [2.45, 2.75) is 4.34 Å². The number of esters is 1. The zero-order valence-corrected chi connectivity index (χ0v) is 14.8. The second-order valence-corrected chi connectivity index (χ2v) is 7.32. The van der Waals surface area contributed by atoms with Crippen LogP contribution in [0.2, 0.25) is 0 Å². The highest BCUT2D eigenvalue weighted by Crippen LogP contribution is 2.29. The first-order valence-electron chi connectivity index (χ1n) is 7.40. The lowest BCUT2D eigenvalue weighted by Gasteiger charge is -2.07. The molecule has 1 amide bonds. The lowest BCUT2D eigenvalue weighted by Crippen LogP contribution is -2.22. The number of thioether (sulfide) groups is 1. The topological polar surface area (TPSA) is 68.3 Å². The maximum Gasteiger partial charge on any atom is 0.316 e. The maximum atomic E-state index is 13.4. The van der Waals surface area contributed by atoms with Gasteiger partial charge in [-0.2, -0.15) is 0 Å². The quantitative estimate of drug-likeness (QED) is 0.508. The first-order valence-corrected chi connectivity index (χ1v) is 9.20. The van der Waals surface area contributed by atoms with Gasteiger partial charge >= 0.3 is 5.97 Å². The largest absolute Gasteiger partial charge is 0.455 e. The Morgan fingerprint density at radius 2 is 2.00 bits per heavy atom. The molecule has 9 heteroatoms. The zero-order chi connectivity index (χ0) is 18.5. The van der Waals surface area contributed by atoms with Crippen LogP contribution in [0.1, 0.15) is 0 Å². The number of nitrogens with one attached hydrogen (secondary N) is 1. The SMILES string of the molecule is O=C(COC(=O)CSc1nc2ccccc2s1)Nc1cc(F)ccc1F. The van der Waals surface area contributed by atoms with Gasteiger partial charge in [-0.25, -0.2) is 13.8 Å². The Morgan fingerprint density at radius 1 is 1.19 bits per heavy atom. The van der Waals surface area contributed by atoms with Gasteiger partial charge in [-0.15, -0.1) is 11.3 Å². The molecular formula is C17H12F2N2O3S2. The van der Waals surface area contributed by atoms with Gasteiger partial charge in [0.1, 0.15) is 11.6 Å². The van der Waals surface area contributed by atoms with Gasteiger partial charge in [0.15, 0.2) is 10.9 Å². The van der Waals surface area contributed by atoms with Crippen LogP contribution < -0.4 is 5.32 Å². The van der Waals surface area contributed by atoms with Gasteiger partial charge in [0.05, 0.1) is 21.7 Å². The summed E-state index contributed by atoms with van der Waals surface area (Å²) in [6, 6.07) is 10.3. The molecule has 1 aromatic heterocycles. The first-order chi connectivity index (χ1) is 12.5. The van der Waals surface area contributed by atoms with Gasteiger partial charge in [-0.1, -0.05) is 23.9 Å². The van der Waals surface area contributed by atoms with Crippen molar-refractivity contribution < 1.29 is 23.1 Å². The number of para-hydroxylation sites is 1. The summed E-state index contributed by atoms with van der Waals surface area (Å²) in [5.74, 6) is -2.85. The van der Waals surface area contributed by atoms with Crippen molar-refractivity contribution in [3.8, 4) is 0 Å². The second-order valence-electron chi connectivity index (χ2n) is 5.07. The van der Waals surface area contributed by atoms with Crippen LogP contribution in [0, 0.1) is 11.6 Å². The Balaban J connectivity index is 1.46. The van der Waals surface area contributed by atoms with Gasteiger partial charge < -0.3 is 10.1 Å². The van der Waals surface area contributed by atoms with Crippen molar-refractivity contribution in [1.82, 2.24) is 4.98 Å². The smallest absolute Gasteiger partial charge is 0.316 e. The van der Waals surface area contributed by atoms with Crippen molar-refractivity contribution in [3.05, 3.63) is 54.1 Å². The predicted molar refractivity (Wildman–Crippen MR) is 96.3 cm³/mol. The van der Waals surface area contributed by atoms with E-state index in [1.54, 1.807) is 0 Å². The normalized spacial score (nSPS) is 10.7. The second kappa shape index (κ2) is 8.24. The fraction of sp³-hybridized carbons (Fsp3) is 0.118. The molecule has 0 saturated heterocycles. The minimum Gasteiger partial charge on any atom is -0.455 e. The van der Waals surface area contributed by atoms with Crippen LogP contribution in [0.15, 0.2) is 46.8 Å². The summed E-state index contributed by atoms with van der Waals surface area (Å²) in [6.45, 7) is -0.588. The van der Waals surface area contributed by atoms with E-state index < -0.39 is 30.1 Å². The summed E-state index contributed by atoms with van der Waals surface area (Å²) in [4.78, 5) is 27.8. The minimum absolute atomic E-state index is 0.0125. The Bertz CT molecular complexity index is 929. The van der Waals surface area contributed by atoms with Crippen LogP contribution in [0.4, 0.5) is 14.5 Å². The van der Waals surface area contributed by atoms with E-state index in [0.717, 1.165) is 32.8 Å². The van der Waals surface area contributed by atoms with E-state index in [1.165, 1.54) is 23.1 Å². The van der Waals surface area contributed by atoms with Gasteiger partial charge in [0, 0.05) is 6.07 Å². The summed E-state index contributed by atoms with van der Waals surface area (Å²) >= 11 is 2.66. The van der Waals surface area contributed by atoms with Crippen LogP contribution in [-0.2, 0) is 14.3 Å². The number of nitrogens with zero attached hydrogens (tertiary/aromatic N) is 1. The highest BCUT2D eigenvalue weighted by Gasteiger charge is 2.12. The number of hydrogen-bond acceptors (Lipinski definition) is 6. The number of ether oxygens (including phenoxy) is 1. The molecule has 0 spiro atoms. The van der Waals surface area contributed by atoms with Crippen molar-refractivity contribution in [2.24, 2.45) is 0 Å². The molecule has 1 heterocycles. The fourth-order valence-corrected chi connectivity index (χ4v) is 3.87. The van der Waals surface area contributed by atoms with E-state index in [1.807, 2.05) is 24.3 Å². The molecule has 3 aromatic rings. The molecule has 0 aliphatic heterocycles. The van der Waals surface area contributed by atoms with Crippen molar-refractivity contribution in [3.63, 3.8) is 0 Å². The zero-order valence-electron chi connectivity index (χ0n) is 13.2. The maximum absolute atomic E-state index is 13.4. The molecule has 26 heavy (non-hydrogen) atoms. The number of hydrogen-bond donors (Lipinski definition) is 1. The van der Waals surface area contributed by atoms with Gasteiger partial charge in [0.2, 0.25) is 0 Å². The first kappa shape index (κ1) is 18.3. The number of halogens is 2. The third-order valence-electron chi connectivity index (χ3n) is 3.15. The molecule has 0 aliphatic carbocycles. The molecule has 5 nitrogen and oxygen atoms in total. The predicted octanol–water partition coefficient (Wildman–Crippen LogP) is 3.85. The molecule has 0 aliphatic rings. The highest BCUT2D eigenvalue weighted by molar-refractivity contribution is 8.01. The Hall–Kier alpha value is -2.52. The third-order valence-corrected chi connectivity index (χ3v) is 5.31. The van der Waals surface area contributed by atoms with Crippen LogP contribution in [0.3, 0.4) is 0 Å². The van der Waals surface area contributed by atoms with E-state index in [0.29, 0.717) is 0 Å². The summed E-state index contributed by atoms with van der Waals surface area (Å²) < 4.78 is 33.0. The number of anilines is 1. The van der Waals surface area contributed by atoms with Crippen molar-refractivity contribution in [1.29, 1.82) is 0 Å². The van der Waals surface area contributed by atoms with Crippen molar-refractivity contribution >= 4 is 50.9 Å². The number of rotatable bonds is 6. The van der Waals surface area contributed by atoms with Gasteiger partial charge in [-0.3, -0.25) is 9.59 Å². The van der Waals surface area contributed by atoms with E-state index in [9.17, 15) is 18.4 Å². The average Bonchev–Trinajstić information content (AvgIpc) is 3.04. The molecule has 0 bridgehead atoms. The lowest BCUT2D eigenvalue weighted by atomic mass is 10.3. The van der Waals surface area contributed by atoms with Gasteiger partial charge in [-0.05, 0) is 24.3 Å². The number of thiazole rings is 1. The number of aromatic nitrogens is 1. The Kier molecular flexibility index (Phi) is 5.79. The summed E-state index contributed by atoms with van der Waals surface area (Å²) in [5, 5.41) is 2.15. The molecule has 2 aromatic carbocycles. The van der Waals surface area contributed by atoms with Crippen LogP contribution in [-0.4, -0.2) is 29.2 Å². The molecule has 0 unspecified atom stereocenters. The van der Waals surface area contributed by atoms with Crippen LogP contribution in [0.5, 0.6) is 0 Å². The van der Waals surface area contributed by atoms with E-state index in [4.69, 9.17) is 4.74 Å². The van der Waals surface area contributed by atoms with Crippen LogP contribution in [0.25, 0.3) is 10.2 Å². The number of fused-ring (bicyclic) bond motifs is 1. The standard InChI is InChI=1S/C17H12F2N2O3S2/c18-10-5-6-11(19)13(7-10)20-15(22)8-24-16(23)9-25-17-21-12-3-1-2-4-14(12)26-17/h1-7H,8-9H2,(H,20,22). The molecule has 134 valence electrons. The third kappa shape index (κ3) is 4.77. The molecule has 0 saturated carbocycles. The van der Waals surface area contributed by atoms with Gasteiger partial charge in [0.25, 0.3) is 5.91 Å². The number of amides is 1. The van der Waals surface area contributed by atoms with Crippen LogP contribution >= 0.6 is 23.1 Å². The monoisotopic (exact) mass is 394 g/mol. The molecule has 3 rings (SSSR count). The summed E-state index contributed by atoms with van der Waals surface area (Å²) in [7, 11) is 0. The number of benzene rings is 2. The molecule has 0 atom stereocenters. The summed E-state index contributed by atoms with van der Waals surface area (Å²) in [5.41, 5.74) is 0.541. The number of carbonyl (C=O) groups is 2. The summed E-state index contributed by atoms with van der Waals surface area (Å²) in [6.07, 6.45) is 0. The Labute approximate surface area is 155 Å². The molecule has 0 radical (unpaired) electrons. The fourth-order valence-electron chi connectivity index (χ4n) is 2.00. The minimum atomic E-state index is -0.780. The van der Waals surface area contributed by atoms with E-state index in [-0.39, 0.29) is 11.4 Å². The average molecular weight is 394 g/mol. The highest BCUT2D eigenvalue weighted by atomic mass is 32.2. The lowest BCUT2D eigenvalue weighted by molar-refractivity contribution is -0.144. The number of carbonyl (C=O) groups excluding carboxylic acids is 2. The van der Waals surface area contributed by atoms with E-state index in [2.05, 4.69) is 10.3 Å².